The summed E-state index contributed by atoms with van der Waals surface area (Å²) in [4.78, 5) is 15.1. The molecule has 3 aromatic rings. The number of benzene rings is 3. The van der Waals surface area contributed by atoms with Crippen molar-refractivity contribution >= 4 is 21.6 Å². The summed E-state index contributed by atoms with van der Waals surface area (Å²) >= 11 is 0. The number of rotatable bonds is 9. The summed E-state index contributed by atoms with van der Waals surface area (Å²) in [6.07, 6.45) is 4.93. The molecule has 0 aromatic heterocycles. The van der Waals surface area contributed by atoms with E-state index in [0.29, 0.717) is 17.8 Å². The van der Waals surface area contributed by atoms with Gasteiger partial charge in [-0.2, -0.15) is 0 Å². The molecule has 0 saturated carbocycles. The van der Waals surface area contributed by atoms with Crippen molar-refractivity contribution in [2.45, 2.75) is 38.9 Å². The number of sulfonamides is 1. The molecule has 1 N–H and O–H groups in total. The highest BCUT2D eigenvalue weighted by Crippen LogP contribution is 2.22. The zero-order chi connectivity index (χ0) is 25.5. The van der Waals surface area contributed by atoms with Crippen LogP contribution in [0.4, 0.5) is 10.1 Å². The minimum absolute atomic E-state index is 0.134. The first-order chi connectivity index (χ1) is 17.3. The number of piperidine rings is 1. The molecule has 8 heteroatoms. The van der Waals surface area contributed by atoms with E-state index in [4.69, 9.17) is 0 Å². The molecule has 1 heterocycles. The number of hydrogen-bond donors (Lipinski definition) is 1. The van der Waals surface area contributed by atoms with E-state index in [-0.39, 0.29) is 18.0 Å². The predicted octanol–water partition coefficient (Wildman–Crippen LogP) is 4.71. The van der Waals surface area contributed by atoms with Crippen LogP contribution in [0, 0.1) is 5.82 Å². The number of amides is 1. The van der Waals surface area contributed by atoms with Crippen molar-refractivity contribution in [1.82, 2.24) is 10.2 Å². The number of hydrogen-bond acceptors (Lipinski definition) is 4. The lowest BCUT2D eigenvalue weighted by atomic mass is 10.1. The van der Waals surface area contributed by atoms with E-state index >= 15 is 0 Å². The maximum Gasteiger partial charge on any atom is 0.251 e. The largest absolute Gasteiger partial charge is 0.348 e. The van der Waals surface area contributed by atoms with Crippen LogP contribution in [-0.4, -0.2) is 38.6 Å². The van der Waals surface area contributed by atoms with Crippen LogP contribution in [0.15, 0.2) is 72.8 Å². The quantitative estimate of drug-likeness (QED) is 0.454. The van der Waals surface area contributed by atoms with Gasteiger partial charge in [-0.3, -0.25) is 14.0 Å². The summed E-state index contributed by atoms with van der Waals surface area (Å²) in [6.45, 7) is 3.53. The molecule has 0 bridgehead atoms. The van der Waals surface area contributed by atoms with Crippen LogP contribution in [0.25, 0.3) is 0 Å². The van der Waals surface area contributed by atoms with Crippen molar-refractivity contribution in [3.8, 4) is 0 Å². The van der Waals surface area contributed by atoms with Gasteiger partial charge in [-0.05, 0) is 67.4 Å². The van der Waals surface area contributed by atoms with Crippen molar-refractivity contribution in [2.24, 2.45) is 0 Å². The normalized spacial score (nSPS) is 14.4. The maximum absolute atomic E-state index is 14.1. The molecule has 36 heavy (non-hydrogen) atoms. The standard InChI is InChI=1S/C28H32FN3O3S/c1-36(34,35)32(21-25-7-3-4-8-27(25)29)26-15-13-24(14-16-26)28(33)30-19-22-9-11-23(12-10-22)20-31-17-5-2-6-18-31/h3-4,7-16H,2,5-6,17-21H2,1H3,(H,30,33). The summed E-state index contributed by atoms with van der Waals surface area (Å²) in [6, 6.07) is 20.6. The summed E-state index contributed by atoms with van der Waals surface area (Å²) in [5.74, 6) is -0.722. The second-order valence-electron chi connectivity index (χ2n) is 9.24. The molecule has 1 fully saturated rings. The van der Waals surface area contributed by atoms with Crippen molar-refractivity contribution < 1.29 is 17.6 Å². The SMILES string of the molecule is CS(=O)(=O)N(Cc1ccccc1F)c1ccc(C(=O)NCc2ccc(CN3CCCCC3)cc2)cc1. The average molecular weight is 510 g/mol. The Morgan fingerprint density at radius 2 is 1.56 bits per heavy atom. The van der Waals surface area contributed by atoms with E-state index in [1.807, 2.05) is 12.1 Å². The van der Waals surface area contributed by atoms with Crippen LogP contribution >= 0.6 is 0 Å². The second-order valence-corrected chi connectivity index (χ2v) is 11.2. The summed E-state index contributed by atoms with van der Waals surface area (Å²) < 4.78 is 40.0. The third kappa shape index (κ3) is 6.92. The monoisotopic (exact) mass is 509 g/mol. The Morgan fingerprint density at radius 1 is 0.917 bits per heavy atom. The fourth-order valence-electron chi connectivity index (χ4n) is 4.38. The molecule has 3 aromatic carbocycles. The lowest BCUT2D eigenvalue weighted by molar-refractivity contribution is 0.0951. The lowest BCUT2D eigenvalue weighted by Gasteiger charge is -2.26. The Balaban J connectivity index is 1.35. The van der Waals surface area contributed by atoms with Gasteiger partial charge in [0.15, 0.2) is 0 Å². The van der Waals surface area contributed by atoms with Crippen LogP contribution in [0.3, 0.4) is 0 Å². The minimum atomic E-state index is -3.66. The van der Waals surface area contributed by atoms with Crippen LogP contribution in [0.1, 0.15) is 46.3 Å². The molecule has 1 aliphatic heterocycles. The Hall–Kier alpha value is -3.23. The van der Waals surface area contributed by atoms with Crippen LogP contribution < -0.4 is 9.62 Å². The van der Waals surface area contributed by atoms with Crippen LogP contribution in [0.5, 0.6) is 0 Å². The van der Waals surface area contributed by atoms with Crippen molar-refractivity contribution in [2.75, 3.05) is 23.7 Å². The number of likely N-dealkylation sites (tertiary alicyclic amines) is 1. The van der Waals surface area contributed by atoms with Crippen LogP contribution in [-0.2, 0) is 29.7 Å². The molecule has 0 atom stereocenters. The molecule has 4 rings (SSSR count). The van der Waals surface area contributed by atoms with Gasteiger partial charge in [0.25, 0.3) is 5.91 Å². The molecule has 1 amide bonds. The Labute approximate surface area is 212 Å². The van der Waals surface area contributed by atoms with Gasteiger partial charge in [-0.25, -0.2) is 12.8 Å². The van der Waals surface area contributed by atoms with Crippen LogP contribution in [0.2, 0.25) is 0 Å². The van der Waals surface area contributed by atoms with E-state index in [9.17, 15) is 17.6 Å². The van der Waals surface area contributed by atoms with E-state index < -0.39 is 15.8 Å². The number of nitrogens with one attached hydrogen (secondary N) is 1. The molecule has 6 nitrogen and oxygen atoms in total. The maximum atomic E-state index is 14.1. The van der Waals surface area contributed by atoms with Crippen molar-refractivity contribution in [3.05, 3.63) is 101 Å². The third-order valence-electron chi connectivity index (χ3n) is 6.42. The van der Waals surface area contributed by atoms with Gasteiger partial charge in [0.1, 0.15) is 5.82 Å². The molecule has 1 aliphatic rings. The van der Waals surface area contributed by atoms with Crippen molar-refractivity contribution in [3.63, 3.8) is 0 Å². The second kappa shape index (κ2) is 11.7. The fourth-order valence-corrected chi connectivity index (χ4v) is 5.26. The molecular formula is C28H32FN3O3S. The van der Waals surface area contributed by atoms with E-state index in [0.717, 1.165) is 35.8 Å². The molecule has 0 radical (unpaired) electrons. The zero-order valence-corrected chi connectivity index (χ0v) is 21.3. The fraction of sp³-hybridized carbons (Fsp3) is 0.321. The summed E-state index contributed by atoms with van der Waals surface area (Å²) in [7, 11) is -3.66. The van der Waals surface area contributed by atoms with E-state index in [1.54, 1.807) is 42.5 Å². The highest BCUT2D eigenvalue weighted by molar-refractivity contribution is 7.92. The van der Waals surface area contributed by atoms with Gasteiger partial charge in [-0.15, -0.1) is 0 Å². The number of anilines is 1. The van der Waals surface area contributed by atoms with Gasteiger partial charge >= 0.3 is 0 Å². The summed E-state index contributed by atoms with van der Waals surface area (Å²) in [5, 5.41) is 2.91. The van der Waals surface area contributed by atoms with E-state index in [1.165, 1.54) is 30.9 Å². The summed E-state index contributed by atoms with van der Waals surface area (Å²) in [5.41, 5.74) is 3.33. The number of nitrogens with zero attached hydrogens (tertiary/aromatic N) is 2. The first-order valence-electron chi connectivity index (χ1n) is 12.2. The minimum Gasteiger partial charge on any atom is -0.348 e. The number of carbonyl (C=O) groups is 1. The van der Waals surface area contributed by atoms with Gasteiger partial charge in [0.2, 0.25) is 10.0 Å². The van der Waals surface area contributed by atoms with Gasteiger partial charge in [0, 0.05) is 24.2 Å². The first-order valence-corrected chi connectivity index (χ1v) is 14.0. The molecular weight excluding hydrogens is 477 g/mol. The van der Waals surface area contributed by atoms with E-state index in [2.05, 4.69) is 22.3 Å². The third-order valence-corrected chi connectivity index (χ3v) is 7.56. The molecule has 0 aliphatic carbocycles. The molecule has 1 saturated heterocycles. The Bertz CT molecular complexity index is 1270. The molecule has 190 valence electrons. The Morgan fingerprint density at radius 3 is 2.19 bits per heavy atom. The number of halogens is 1. The smallest absolute Gasteiger partial charge is 0.251 e. The predicted molar refractivity (Wildman–Crippen MR) is 141 cm³/mol. The highest BCUT2D eigenvalue weighted by Gasteiger charge is 2.20. The van der Waals surface area contributed by atoms with Gasteiger partial charge in [-0.1, -0.05) is 48.9 Å². The average Bonchev–Trinajstić information content (AvgIpc) is 2.88. The first kappa shape index (κ1) is 25.9. The Kier molecular flexibility index (Phi) is 8.38. The lowest BCUT2D eigenvalue weighted by Crippen LogP contribution is -2.30. The van der Waals surface area contributed by atoms with Crippen molar-refractivity contribution in [1.29, 1.82) is 0 Å². The number of carbonyl (C=O) groups excluding carboxylic acids is 1. The zero-order valence-electron chi connectivity index (χ0n) is 20.5. The highest BCUT2D eigenvalue weighted by atomic mass is 32.2. The molecule has 0 unspecified atom stereocenters. The van der Waals surface area contributed by atoms with Gasteiger partial charge < -0.3 is 5.32 Å². The van der Waals surface area contributed by atoms with Gasteiger partial charge in [0.05, 0.1) is 18.5 Å². The molecule has 0 spiro atoms. The topological polar surface area (TPSA) is 69.7 Å².